The van der Waals surface area contributed by atoms with Gasteiger partial charge in [0, 0.05) is 0 Å². The minimum absolute atomic E-state index is 0.198. The first-order valence-corrected chi connectivity index (χ1v) is 7.54. The Morgan fingerprint density at radius 2 is 1.60 bits per heavy atom. The first-order chi connectivity index (χ1) is 9.52. The summed E-state index contributed by atoms with van der Waals surface area (Å²) in [5, 5.41) is 0. The first kappa shape index (κ1) is 16.7. The van der Waals surface area contributed by atoms with Crippen molar-refractivity contribution >= 4 is 11.9 Å². The molecule has 0 spiro atoms. The highest BCUT2D eigenvalue weighted by atomic mass is 16.5. The number of ether oxygens (including phenoxy) is 2. The lowest BCUT2D eigenvalue weighted by Gasteiger charge is -2.24. The number of carbonyl (C=O) groups is 2. The van der Waals surface area contributed by atoms with Gasteiger partial charge in [-0.1, -0.05) is 18.4 Å². The molecule has 1 aliphatic carbocycles. The van der Waals surface area contributed by atoms with E-state index in [0.29, 0.717) is 18.8 Å². The smallest absolute Gasteiger partial charge is 0.334 e. The van der Waals surface area contributed by atoms with Crippen LogP contribution >= 0.6 is 0 Å². The van der Waals surface area contributed by atoms with Crippen molar-refractivity contribution in [3.05, 3.63) is 11.1 Å². The van der Waals surface area contributed by atoms with Gasteiger partial charge in [-0.15, -0.1) is 0 Å². The summed E-state index contributed by atoms with van der Waals surface area (Å²) in [5.74, 6) is -0.939. The van der Waals surface area contributed by atoms with Crippen LogP contribution in [0.4, 0.5) is 0 Å². The average molecular weight is 282 g/mol. The number of hydrogen-bond donors (Lipinski definition) is 0. The lowest BCUT2D eigenvalue weighted by molar-refractivity contribution is -0.151. The molecule has 1 fully saturated rings. The van der Waals surface area contributed by atoms with E-state index in [-0.39, 0.29) is 17.9 Å². The fourth-order valence-electron chi connectivity index (χ4n) is 2.92. The van der Waals surface area contributed by atoms with Crippen molar-refractivity contribution in [3.63, 3.8) is 0 Å². The Labute approximate surface area is 121 Å². The molecule has 0 aromatic heterocycles. The van der Waals surface area contributed by atoms with Gasteiger partial charge in [0.25, 0.3) is 0 Å². The van der Waals surface area contributed by atoms with Gasteiger partial charge in [0.05, 0.1) is 24.7 Å². The molecule has 20 heavy (non-hydrogen) atoms. The van der Waals surface area contributed by atoms with Gasteiger partial charge >= 0.3 is 11.9 Å². The quantitative estimate of drug-likeness (QED) is 0.554. The Kier molecular flexibility index (Phi) is 6.76. The highest BCUT2D eigenvalue weighted by Gasteiger charge is 2.38. The topological polar surface area (TPSA) is 52.6 Å². The molecule has 1 aliphatic rings. The van der Waals surface area contributed by atoms with Crippen LogP contribution in [-0.4, -0.2) is 25.2 Å². The van der Waals surface area contributed by atoms with Gasteiger partial charge in [-0.3, -0.25) is 4.79 Å². The van der Waals surface area contributed by atoms with Crippen molar-refractivity contribution in [1.29, 1.82) is 0 Å². The number of carbonyl (C=O) groups excluding carboxylic acids is 2. The van der Waals surface area contributed by atoms with E-state index in [0.717, 1.165) is 31.3 Å². The van der Waals surface area contributed by atoms with Gasteiger partial charge in [-0.05, 0) is 46.5 Å². The van der Waals surface area contributed by atoms with E-state index >= 15 is 0 Å². The predicted molar refractivity (Wildman–Crippen MR) is 77.1 cm³/mol. The van der Waals surface area contributed by atoms with E-state index < -0.39 is 5.92 Å². The molecule has 0 bridgehead atoms. The molecular weight excluding hydrogens is 256 g/mol. The van der Waals surface area contributed by atoms with Crippen molar-refractivity contribution in [2.75, 3.05) is 13.2 Å². The van der Waals surface area contributed by atoms with E-state index in [1.54, 1.807) is 13.8 Å². The summed E-state index contributed by atoms with van der Waals surface area (Å²) in [6, 6.07) is 0. The molecule has 0 aliphatic heterocycles. The zero-order valence-electron chi connectivity index (χ0n) is 13.0. The minimum Gasteiger partial charge on any atom is -0.466 e. The molecular formula is C16H26O4. The van der Waals surface area contributed by atoms with Gasteiger partial charge in [0.1, 0.15) is 0 Å². The van der Waals surface area contributed by atoms with Crippen LogP contribution in [0.1, 0.15) is 53.4 Å². The summed E-state index contributed by atoms with van der Waals surface area (Å²) in [4.78, 5) is 24.5. The summed E-state index contributed by atoms with van der Waals surface area (Å²) in [7, 11) is 0. The molecule has 1 saturated carbocycles. The van der Waals surface area contributed by atoms with Gasteiger partial charge in [0.15, 0.2) is 0 Å². The lowest BCUT2D eigenvalue weighted by atomic mass is 9.82. The molecule has 4 heteroatoms. The van der Waals surface area contributed by atoms with Crippen molar-refractivity contribution in [2.45, 2.75) is 53.4 Å². The summed E-state index contributed by atoms with van der Waals surface area (Å²) in [6.45, 7) is 7.92. The Morgan fingerprint density at radius 1 is 1.05 bits per heavy atom. The molecule has 0 saturated heterocycles. The molecule has 0 radical (unpaired) electrons. The largest absolute Gasteiger partial charge is 0.466 e. The Morgan fingerprint density at radius 3 is 2.05 bits per heavy atom. The molecule has 0 aromatic rings. The Hall–Kier alpha value is -1.32. The molecule has 1 rings (SSSR count). The van der Waals surface area contributed by atoms with E-state index in [9.17, 15) is 9.59 Å². The van der Waals surface area contributed by atoms with Crippen LogP contribution in [0.2, 0.25) is 0 Å². The molecule has 0 amide bonds. The molecule has 0 aromatic carbocycles. The third kappa shape index (κ3) is 4.09. The second kappa shape index (κ2) is 8.08. The monoisotopic (exact) mass is 282 g/mol. The Bertz CT molecular complexity index is 374. The molecule has 0 heterocycles. The van der Waals surface area contributed by atoms with Gasteiger partial charge in [-0.2, -0.15) is 0 Å². The van der Waals surface area contributed by atoms with Crippen LogP contribution in [0, 0.1) is 11.8 Å². The maximum Gasteiger partial charge on any atom is 0.334 e. The molecule has 0 N–H and O–H groups in total. The zero-order chi connectivity index (χ0) is 15.1. The van der Waals surface area contributed by atoms with Gasteiger partial charge in [0.2, 0.25) is 0 Å². The van der Waals surface area contributed by atoms with Crippen LogP contribution in [0.5, 0.6) is 0 Å². The molecule has 4 nitrogen and oxygen atoms in total. The maximum atomic E-state index is 12.3. The number of esters is 2. The lowest BCUT2D eigenvalue weighted by Crippen LogP contribution is -2.31. The zero-order valence-corrected chi connectivity index (χ0v) is 13.0. The highest BCUT2D eigenvalue weighted by molar-refractivity contribution is 5.96. The second-order valence-corrected chi connectivity index (χ2v) is 5.41. The highest BCUT2D eigenvalue weighted by Crippen LogP contribution is 2.37. The van der Waals surface area contributed by atoms with Crippen LogP contribution in [0.25, 0.3) is 0 Å². The molecule has 1 unspecified atom stereocenters. The van der Waals surface area contributed by atoms with E-state index in [4.69, 9.17) is 9.47 Å². The van der Waals surface area contributed by atoms with E-state index in [1.807, 2.05) is 13.8 Å². The van der Waals surface area contributed by atoms with Crippen LogP contribution in [0.15, 0.2) is 11.1 Å². The fraction of sp³-hybridized carbons (Fsp3) is 0.750. The summed E-state index contributed by atoms with van der Waals surface area (Å²) < 4.78 is 10.3. The maximum absolute atomic E-state index is 12.3. The third-order valence-electron chi connectivity index (χ3n) is 3.76. The predicted octanol–water partition coefficient (Wildman–Crippen LogP) is 3.26. The van der Waals surface area contributed by atoms with Crippen molar-refractivity contribution in [3.8, 4) is 0 Å². The summed E-state index contributed by atoms with van der Waals surface area (Å²) in [5.41, 5.74) is 1.34. The number of hydrogen-bond acceptors (Lipinski definition) is 4. The molecule has 114 valence electrons. The van der Waals surface area contributed by atoms with E-state index in [2.05, 4.69) is 0 Å². The van der Waals surface area contributed by atoms with Crippen molar-refractivity contribution in [2.24, 2.45) is 11.8 Å². The normalized spacial score (nSPS) is 16.6. The van der Waals surface area contributed by atoms with E-state index in [1.165, 1.54) is 0 Å². The second-order valence-electron chi connectivity index (χ2n) is 5.41. The van der Waals surface area contributed by atoms with Crippen LogP contribution in [0.3, 0.4) is 0 Å². The summed E-state index contributed by atoms with van der Waals surface area (Å²) >= 11 is 0. The first-order valence-electron chi connectivity index (χ1n) is 7.54. The summed E-state index contributed by atoms with van der Waals surface area (Å²) in [6.07, 6.45) is 4.16. The van der Waals surface area contributed by atoms with Crippen molar-refractivity contribution < 1.29 is 19.1 Å². The fourth-order valence-corrected chi connectivity index (χ4v) is 2.92. The Balaban J connectivity index is 3.08. The molecule has 1 atom stereocenters. The number of allylic oxidation sites excluding steroid dienone is 1. The third-order valence-corrected chi connectivity index (χ3v) is 3.76. The standard InChI is InChI=1S/C16H26O4/c1-5-19-15(17)13(11(3)4)14(16(18)20-6-2)12-9-7-8-10-12/h12,14H,5-10H2,1-4H3. The van der Waals surface area contributed by atoms with Crippen LogP contribution in [-0.2, 0) is 19.1 Å². The number of rotatable bonds is 6. The van der Waals surface area contributed by atoms with Crippen molar-refractivity contribution in [1.82, 2.24) is 0 Å². The van der Waals surface area contributed by atoms with Gasteiger partial charge in [-0.25, -0.2) is 4.79 Å². The minimum atomic E-state index is -0.471. The SMILES string of the molecule is CCOC(=O)C(=C(C)C)C(C(=O)OCC)C1CCCC1. The van der Waals surface area contributed by atoms with Gasteiger partial charge < -0.3 is 9.47 Å². The average Bonchev–Trinajstić information content (AvgIpc) is 2.88. The van der Waals surface area contributed by atoms with Crippen LogP contribution < -0.4 is 0 Å².